The summed E-state index contributed by atoms with van der Waals surface area (Å²) >= 11 is 1.50. The number of pyridine rings is 1. The number of rotatable bonds is 4. The molecule has 1 aliphatic carbocycles. The fourth-order valence-corrected chi connectivity index (χ4v) is 4.40. The fourth-order valence-electron chi connectivity index (χ4n) is 3.12. The fraction of sp³-hybridized carbons (Fsp3) is 0.150. The molecule has 2 N–H and O–H groups in total. The second-order valence-corrected chi connectivity index (χ2v) is 7.18. The van der Waals surface area contributed by atoms with Crippen molar-refractivity contribution in [3.63, 3.8) is 0 Å². The molecule has 4 rings (SSSR count). The molecule has 0 saturated carbocycles. The zero-order chi connectivity index (χ0) is 17.9. The predicted octanol–water partition coefficient (Wildman–Crippen LogP) is 4.56. The molecule has 5 nitrogen and oxygen atoms in total. The second kappa shape index (κ2) is 8.33. The van der Waals surface area contributed by atoms with E-state index in [4.69, 9.17) is 0 Å². The number of fused-ring (bicyclic) bond motifs is 1. The number of carbonyl (C=O) groups is 2. The number of nitrogens with zero attached hydrogens (tertiary/aromatic N) is 1. The Hall–Kier alpha value is -2.70. The summed E-state index contributed by atoms with van der Waals surface area (Å²) < 4.78 is 0. The van der Waals surface area contributed by atoms with E-state index in [1.165, 1.54) is 22.4 Å². The Morgan fingerprint density at radius 3 is 2.52 bits per heavy atom. The zero-order valence-corrected chi connectivity index (χ0v) is 16.0. The van der Waals surface area contributed by atoms with Crippen molar-refractivity contribution >= 4 is 46.2 Å². The summed E-state index contributed by atoms with van der Waals surface area (Å²) in [7, 11) is 0. The maximum Gasteiger partial charge on any atom is 0.258 e. The molecule has 0 bridgehead atoms. The van der Waals surface area contributed by atoms with Crippen LogP contribution in [0.15, 0.2) is 54.9 Å². The summed E-state index contributed by atoms with van der Waals surface area (Å²) in [6.07, 6.45) is 6.00. The van der Waals surface area contributed by atoms with E-state index in [9.17, 15) is 9.59 Å². The normalized spacial score (nSPS) is 12.0. The number of benzene rings is 1. The number of hydrogen-bond donors (Lipinski definition) is 2. The van der Waals surface area contributed by atoms with Crippen molar-refractivity contribution in [2.45, 2.75) is 19.3 Å². The smallest absolute Gasteiger partial charge is 0.258 e. The third-order valence-corrected chi connectivity index (χ3v) is 5.54. The second-order valence-electron chi connectivity index (χ2n) is 6.08. The first-order chi connectivity index (χ1) is 12.7. The van der Waals surface area contributed by atoms with Gasteiger partial charge in [-0.3, -0.25) is 14.6 Å². The number of aromatic nitrogens is 1. The molecule has 1 aliphatic rings. The van der Waals surface area contributed by atoms with Crippen LogP contribution < -0.4 is 10.6 Å². The van der Waals surface area contributed by atoms with Gasteiger partial charge in [-0.1, -0.05) is 18.2 Å². The van der Waals surface area contributed by atoms with Gasteiger partial charge in [0.15, 0.2) is 0 Å². The Kier molecular flexibility index (Phi) is 5.88. The Bertz CT molecular complexity index is 958. The number of carbonyl (C=O) groups excluding carboxylic acids is 2. The average Bonchev–Trinajstić information content (AvgIpc) is 3.24. The minimum atomic E-state index is -0.258. The van der Waals surface area contributed by atoms with Crippen LogP contribution in [0.25, 0.3) is 0 Å². The highest BCUT2D eigenvalue weighted by atomic mass is 35.5. The van der Waals surface area contributed by atoms with Crippen LogP contribution in [0.1, 0.15) is 37.6 Å². The van der Waals surface area contributed by atoms with Gasteiger partial charge in [0.05, 0.1) is 11.1 Å². The van der Waals surface area contributed by atoms with Crippen molar-refractivity contribution in [3.8, 4) is 0 Å². The van der Waals surface area contributed by atoms with Crippen molar-refractivity contribution < 1.29 is 9.59 Å². The molecule has 0 radical (unpaired) electrons. The Morgan fingerprint density at radius 1 is 0.963 bits per heavy atom. The number of anilines is 2. The first kappa shape index (κ1) is 19.1. The van der Waals surface area contributed by atoms with Gasteiger partial charge in [0.25, 0.3) is 11.8 Å². The van der Waals surface area contributed by atoms with Crippen LogP contribution in [0.3, 0.4) is 0 Å². The van der Waals surface area contributed by atoms with E-state index in [1.54, 1.807) is 18.3 Å². The number of amides is 2. The number of para-hydroxylation sites is 1. The van der Waals surface area contributed by atoms with Crippen molar-refractivity contribution in [1.29, 1.82) is 0 Å². The molecule has 2 amide bonds. The van der Waals surface area contributed by atoms with E-state index in [-0.39, 0.29) is 24.2 Å². The molecule has 0 aliphatic heterocycles. The third-order valence-electron chi connectivity index (χ3n) is 4.33. The lowest BCUT2D eigenvalue weighted by molar-refractivity contribution is 0.102. The summed E-state index contributed by atoms with van der Waals surface area (Å²) in [5.74, 6) is -0.441. The van der Waals surface area contributed by atoms with Crippen LogP contribution in [0.5, 0.6) is 0 Å². The van der Waals surface area contributed by atoms with Crippen molar-refractivity contribution in [2.24, 2.45) is 0 Å². The van der Waals surface area contributed by atoms with E-state index < -0.39 is 0 Å². The third kappa shape index (κ3) is 4.02. The molecule has 3 aromatic rings. The molecule has 0 spiro atoms. The molecule has 1 aromatic carbocycles. The molecular formula is C20H18ClN3O2S. The highest BCUT2D eigenvalue weighted by Gasteiger charge is 2.27. The van der Waals surface area contributed by atoms with Crippen LogP contribution in [0.4, 0.5) is 10.7 Å². The molecular weight excluding hydrogens is 382 g/mol. The summed E-state index contributed by atoms with van der Waals surface area (Å²) in [6, 6.07) is 12.8. The van der Waals surface area contributed by atoms with E-state index in [0.29, 0.717) is 16.1 Å². The van der Waals surface area contributed by atoms with E-state index in [1.807, 2.05) is 30.3 Å². The lowest BCUT2D eigenvalue weighted by Gasteiger charge is -2.09. The van der Waals surface area contributed by atoms with Crippen molar-refractivity contribution in [1.82, 2.24) is 4.98 Å². The quantitative estimate of drug-likeness (QED) is 0.675. The molecule has 2 aromatic heterocycles. The summed E-state index contributed by atoms with van der Waals surface area (Å²) in [4.78, 5) is 30.6. The first-order valence-electron chi connectivity index (χ1n) is 8.44. The molecule has 7 heteroatoms. The van der Waals surface area contributed by atoms with E-state index in [2.05, 4.69) is 15.6 Å². The number of halogens is 1. The van der Waals surface area contributed by atoms with Crippen LogP contribution in [-0.4, -0.2) is 16.8 Å². The maximum absolute atomic E-state index is 12.9. The topological polar surface area (TPSA) is 71.1 Å². The van der Waals surface area contributed by atoms with Crippen LogP contribution >= 0.6 is 23.7 Å². The van der Waals surface area contributed by atoms with Gasteiger partial charge in [-0.25, -0.2) is 0 Å². The number of hydrogen-bond acceptors (Lipinski definition) is 4. The zero-order valence-electron chi connectivity index (χ0n) is 14.4. The molecule has 27 heavy (non-hydrogen) atoms. The van der Waals surface area contributed by atoms with Crippen LogP contribution in [0.2, 0.25) is 0 Å². The number of aryl methyl sites for hydroxylation is 1. The highest BCUT2D eigenvalue weighted by molar-refractivity contribution is 7.17. The van der Waals surface area contributed by atoms with Gasteiger partial charge in [-0.15, -0.1) is 23.7 Å². The first-order valence-corrected chi connectivity index (χ1v) is 9.26. The van der Waals surface area contributed by atoms with E-state index >= 15 is 0 Å². The van der Waals surface area contributed by atoms with Gasteiger partial charge in [-0.2, -0.15) is 0 Å². The molecule has 2 heterocycles. The van der Waals surface area contributed by atoms with E-state index in [0.717, 1.165) is 30.5 Å². The standard InChI is InChI=1S/C20H17N3O2S.ClH/c24-18(13-6-5-11-21-12-13)23-20-17(15-9-4-10-16(15)26-20)19(25)22-14-7-2-1-3-8-14;/h1-3,5-8,11-12H,4,9-10H2,(H,22,25)(H,23,24);1H. The molecule has 0 saturated heterocycles. The minimum Gasteiger partial charge on any atom is -0.322 e. The summed E-state index contributed by atoms with van der Waals surface area (Å²) in [5.41, 5.74) is 2.85. The Labute approximate surface area is 167 Å². The Balaban J connectivity index is 0.00000210. The van der Waals surface area contributed by atoms with Crippen molar-refractivity contribution in [2.75, 3.05) is 10.6 Å². The summed E-state index contributed by atoms with van der Waals surface area (Å²) in [6.45, 7) is 0. The van der Waals surface area contributed by atoms with Crippen molar-refractivity contribution in [3.05, 3.63) is 76.4 Å². The minimum absolute atomic E-state index is 0. The largest absolute Gasteiger partial charge is 0.322 e. The average molecular weight is 400 g/mol. The monoisotopic (exact) mass is 399 g/mol. The molecule has 138 valence electrons. The van der Waals surface area contributed by atoms with Gasteiger partial charge in [-0.05, 0) is 49.1 Å². The van der Waals surface area contributed by atoms with Gasteiger partial charge in [0.1, 0.15) is 5.00 Å². The number of thiophene rings is 1. The number of nitrogens with one attached hydrogen (secondary N) is 2. The lowest BCUT2D eigenvalue weighted by atomic mass is 10.1. The molecule has 0 fully saturated rings. The highest BCUT2D eigenvalue weighted by Crippen LogP contribution is 2.39. The summed E-state index contributed by atoms with van der Waals surface area (Å²) in [5, 5.41) is 6.44. The van der Waals surface area contributed by atoms with Gasteiger partial charge >= 0.3 is 0 Å². The molecule has 0 unspecified atom stereocenters. The predicted molar refractivity (Wildman–Crippen MR) is 110 cm³/mol. The van der Waals surface area contributed by atoms with Gasteiger partial charge < -0.3 is 10.6 Å². The maximum atomic E-state index is 12.9. The van der Waals surface area contributed by atoms with Gasteiger partial charge in [0, 0.05) is 23.0 Å². The lowest BCUT2D eigenvalue weighted by Crippen LogP contribution is -2.18. The van der Waals surface area contributed by atoms with Crippen LogP contribution in [-0.2, 0) is 12.8 Å². The molecule has 0 atom stereocenters. The van der Waals surface area contributed by atoms with Gasteiger partial charge in [0.2, 0.25) is 0 Å². The Morgan fingerprint density at radius 2 is 1.78 bits per heavy atom. The van der Waals surface area contributed by atoms with Crippen LogP contribution in [0, 0.1) is 0 Å². The SMILES string of the molecule is Cl.O=C(Nc1sc2c(c1C(=O)Nc1ccccc1)CCC2)c1cccnc1.